The number of carbonyl (C=O) groups excluding carboxylic acids is 1. The second-order valence-electron chi connectivity index (χ2n) is 13.9. The van der Waals surface area contributed by atoms with Gasteiger partial charge in [-0.2, -0.15) is 5.10 Å². The zero-order chi connectivity index (χ0) is 31.1. The number of pyridine rings is 1. The summed E-state index contributed by atoms with van der Waals surface area (Å²) in [6.45, 7) is 4.39. The topological polar surface area (TPSA) is 110 Å². The minimum absolute atomic E-state index is 0.0649. The third-order valence-corrected chi connectivity index (χ3v) is 14.0. The molecule has 45 heavy (non-hydrogen) atoms. The van der Waals surface area contributed by atoms with Crippen LogP contribution in [-0.4, -0.2) is 60.3 Å². The molecule has 0 amide bonds. The van der Waals surface area contributed by atoms with Crippen LogP contribution >= 0.6 is 23.1 Å². The minimum Gasteiger partial charge on any atom is -0.497 e. The smallest absolute Gasteiger partial charge is 0.175 e. The number of fused-ring (bicyclic) bond motifs is 7. The average molecular weight is 643 g/mol. The molecule has 2 N–H and O–H groups in total. The van der Waals surface area contributed by atoms with E-state index < -0.39 is 17.1 Å². The van der Waals surface area contributed by atoms with E-state index in [4.69, 9.17) is 9.84 Å². The monoisotopic (exact) mass is 642 g/mol. The van der Waals surface area contributed by atoms with Crippen LogP contribution in [0.25, 0.3) is 22.1 Å². The molecule has 8 nitrogen and oxygen atoms in total. The lowest BCUT2D eigenvalue weighted by Gasteiger charge is -2.60. The standard InChI is InChI=1S/C35H38N4O4S2/c1-33-16-20-18-37-39(22-7-9-23(43-3)10-8-22)27(20)15-21(33)6-11-24-25-12-13-35(42,34(25,2)17-28(40)30(24)33)29(41)19-44-32-38-26-5-4-14-36-31(26)45-32/h4-5,7-10,14-15,18,24-25,28,30,40,42H,6,11-13,16-17,19H2,1-3H3/t24?,25?,28-,30?,33?,34?,35-/m0/s1. The lowest BCUT2D eigenvalue weighted by Crippen LogP contribution is -2.62. The van der Waals surface area contributed by atoms with Gasteiger partial charge in [-0.1, -0.05) is 42.5 Å². The molecule has 4 aliphatic carbocycles. The summed E-state index contributed by atoms with van der Waals surface area (Å²) in [6.07, 6.45) is 9.83. The van der Waals surface area contributed by atoms with Gasteiger partial charge in [-0.05, 0) is 110 Å². The number of aromatic nitrogens is 4. The molecule has 0 aliphatic heterocycles. The van der Waals surface area contributed by atoms with Crippen LogP contribution in [0, 0.1) is 28.6 Å². The summed E-state index contributed by atoms with van der Waals surface area (Å²) < 4.78 is 8.14. The Bertz CT molecular complexity index is 1800. The molecule has 0 radical (unpaired) electrons. The molecule has 0 spiro atoms. The van der Waals surface area contributed by atoms with E-state index in [1.807, 2.05) is 47.3 Å². The molecule has 8 rings (SSSR count). The molecule has 3 saturated carbocycles. The van der Waals surface area contributed by atoms with Gasteiger partial charge in [0, 0.05) is 11.6 Å². The summed E-state index contributed by atoms with van der Waals surface area (Å²) in [6, 6.07) is 11.7. The molecule has 1 aromatic carbocycles. The Morgan fingerprint density at radius 1 is 1.20 bits per heavy atom. The molecular formula is C35H38N4O4S2. The molecule has 4 aliphatic rings. The molecule has 3 fully saturated rings. The van der Waals surface area contributed by atoms with Gasteiger partial charge in [-0.25, -0.2) is 14.6 Å². The third kappa shape index (κ3) is 4.32. The number of aliphatic hydroxyl groups is 2. The van der Waals surface area contributed by atoms with Crippen molar-refractivity contribution < 1.29 is 19.7 Å². The van der Waals surface area contributed by atoms with Crippen LogP contribution < -0.4 is 4.74 Å². The SMILES string of the molecule is COc1ccc(-n2ncc3c2C=C2CCC4C([C@@H](O)CC5(C)C4CC[C@]5(O)C(=O)CSc4nc5cccnc5s4)C2(C)C3)cc1. The van der Waals surface area contributed by atoms with Gasteiger partial charge in [-0.3, -0.25) is 4.79 Å². The van der Waals surface area contributed by atoms with Gasteiger partial charge >= 0.3 is 0 Å². The van der Waals surface area contributed by atoms with Gasteiger partial charge in [0.15, 0.2) is 10.1 Å². The maximum Gasteiger partial charge on any atom is 0.175 e. The zero-order valence-corrected chi connectivity index (χ0v) is 27.4. The Kier molecular flexibility index (Phi) is 6.84. The third-order valence-electron chi connectivity index (χ3n) is 11.8. The van der Waals surface area contributed by atoms with E-state index in [1.54, 1.807) is 13.3 Å². The molecule has 7 atom stereocenters. The molecule has 3 aromatic heterocycles. The minimum atomic E-state index is -1.46. The van der Waals surface area contributed by atoms with E-state index in [-0.39, 0.29) is 34.7 Å². The first-order valence-electron chi connectivity index (χ1n) is 15.8. The van der Waals surface area contributed by atoms with Crippen molar-refractivity contribution >= 4 is 45.3 Å². The number of nitrogens with zero attached hydrogens (tertiary/aromatic N) is 4. The number of ketones is 1. The van der Waals surface area contributed by atoms with E-state index in [1.165, 1.54) is 34.2 Å². The first-order chi connectivity index (χ1) is 21.6. The van der Waals surface area contributed by atoms with E-state index >= 15 is 0 Å². The molecule has 234 valence electrons. The van der Waals surface area contributed by atoms with Crippen LogP contribution in [0.15, 0.2) is 58.7 Å². The maximum atomic E-state index is 13.8. The van der Waals surface area contributed by atoms with Crippen LogP contribution in [0.2, 0.25) is 0 Å². The fourth-order valence-electron chi connectivity index (χ4n) is 9.64. The zero-order valence-electron chi connectivity index (χ0n) is 25.8. The Balaban J connectivity index is 1.04. The molecule has 3 heterocycles. The van der Waals surface area contributed by atoms with Crippen LogP contribution in [0.5, 0.6) is 5.75 Å². The van der Waals surface area contributed by atoms with E-state index in [0.717, 1.165) is 57.5 Å². The van der Waals surface area contributed by atoms with Crippen molar-refractivity contribution in [1.29, 1.82) is 0 Å². The van der Waals surface area contributed by atoms with Crippen molar-refractivity contribution in [3.63, 3.8) is 0 Å². The van der Waals surface area contributed by atoms with Crippen LogP contribution in [0.3, 0.4) is 0 Å². The highest BCUT2D eigenvalue weighted by atomic mass is 32.2. The summed E-state index contributed by atoms with van der Waals surface area (Å²) in [5.41, 5.74) is 3.17. The average Bonchev–Trinajstić information content (AvgIpc) is 3.71. The number of Topliss-reactive ketones (excluding diaryl/α,β-unsaturated/α-hetero) is 1. The number of hydrogen-bond donors (Lipinski definition) is 2. The van der Waals surface area contributed by atoms with Crippen molar-refractivity contribution in [2.75, 3.05) is 12.9 Å². The highest BCUT2D eigenvalue weighted by molar-refractivity contribution is 8.01. The molecule has 0 saturated heterocycles. The lowest BCUT2D eigenvalue weighted by atomic mass is 9.45. The first-order valence-corrected chi connectivity index (χ1v) is 17.7. The number of carbonyl (C=O) groups is 1. The van der Waals surface area contributed by atoms with E-state index in [0.29, 0.717) is 12.8 Å². The van der Waals surface area contributed by atoms with Crippen molar-refractivity contribution in [3.05, 3.63) is 65.6 Å². The predicted molar refractivity (Wildman–Crippen MR) is 176 cm³/mol. The number of allylic oxidation sites excluding steroid dienone is 1. The van der Waals surface area contributed by atoms with Gasteiger partial charge in [0.2, 0.25) is 0 Å². The number of methoxy groups -OCH3 is 1. The second-order valence-corrected chi connectivity index (χ2v) is 16.1. The lowest BCUT2D eigenvalue weighted by molar-refractivity contribution is -0.177. The molecule has 0 bridgehead atoms. The summed E-state index contributed by atoms with van der Waals surface area (Å²) in [7, 11) is 1.67. The largest absolute Gasteiger partial charge is 0.497 e. The Morgan fingerprint density at radius 2 is 2.02 bits per heavy atom. The number of thioether (sulfide) groups is 1. The van der Waals surface area contributed by atoms with Crippen molar-refractivity contribution in [3.8, 4) is 11.4 Å². The maximum absolute atomic E-state index is 13.8. The van der Waals surface area contributed by atoms with Crippen LogP contribution in [0.4, 0.5) is 0 Å². The summed E-state index contributed by atoms with van der Waals surface area (Å²) in [5.74, 6) is 1.31. The van der Waals surface area contributed by atoms with Crippen LogP contribution in [-0.2, 0) is 11.2 Å². The molecular weight excluding hydrogens is 605 g/mol. The predicted octanol–water partition coefficient (Wildman–Crippen LogP) is 6.13. The highest BCUT2D eigenvalue weighted by Gasteiger charge is 2.68. The molecule has 4 aromatic rings. The summed E-state index contributed by atoms with van der Waals surface area (Å²) >= 11 is 2.86. The van der Waals surface area contributed by atoms with Crippen LogP contribution in [0.1, 0.15) is 57.2 Å². The first kappa shape index (κ1) is 29.4. The molecule has 10 heteroatoms. The normalized spacial score (nSPS) is 33.6. The number of hydrogen-bond acceptors (Lipinski definition) is 9. The summed E-state index contributed by atoms with van der Waals surface area (Å²) in [4.78, 5) is 23.7. The number of thiazole rings is 1. The molecule has 5 unspecified atom stereocenters. The Morgan fingerprint density at radius 3 is 2.80 bits per heavy atom. The number of rotatable bonds is 6. The number of aliphatic hydroxyl groups excluding tert-OH is 1. The van der Waals surface area contributed by atoms with Crippen molar-refractivity contribution in [1.82, 2.24) is 19.7 Å². The highest BCUT2D eigenvalue weighted by Crippen LogP contribution is 2.67. The number of ether oxygens (including phenoxy) is 1. The van der Waals surface area contributed by atoms with Crippen molar-refractivity contribution in [2.24, 2.45) is 28.6 Å². The van der Waals surface area contributed by atoms with E-state index in [9.17, 15) is 15.0 Å². The fraction of sp³-hybridized carbons (Fsp3) is 0.486. The van der Waals surface area contributed by atoms with E-state index in [2.05, 4.69) is 29.9 Å². The fourth-order valence-corrected chi connectivity index (χ4v) is 11.6. The van der Waals surface area contributed by atoms with Gasteiger partial charge in [0.05, 0.1) is 36.5 Å². The second kappa shape index (κ2) is 10.5. The summed E-state index contributed by atoms with van der Waals surface area (Å²) in [5, 5.41) is 29.0. The number of benzene rings is 1. The van der Waals surface area contributed by atoms with Gasteiger partial charge in [0.25, 0.3) is 0 Å². The van der Waals surface area contributed by atoms with Gasteiger partial charge in [0.1, 0.15) is 21.7 Å². The van der Waals surface area contributed by atoms with Gasteiger partial charge in [-0.15, -0.1) is 0 Å². The quantitative estimate of drug-likeness (QED) is 0.242. The Hall–Kier alpha value is -3.05. The van der Waals surface area contributed by atoms with Gasteiger partial charge < -0.3 is 14.9 Å². The van der Waals surface area contributed by atoms with Crippen molar-refractivity contribution in [2.45, 2.75) is 68.4 Å². The Labute approximate surface area is 270 Å².